The summed E-state index contributed by atoms with van der Waals surface area (Å²) in [5.74, 6) is 0.301. The zero-order valence-corrected chi connectivity index (χ0v) is 14.6. The second-order valence-electron chi connectivity index (χ2n) is 6.22. The van der Waals surface area contributed by atoms with Gasteiger partial charge in [-0.3, -0.25) is 4.79 Å². The summed E-state index contributed by atoms with van der Waals surface area (Å²) < 4.78 is 5.44. The molecular weight excluding hydrogens is 313 g/mol. The fourth-order valence-corrected chi connectivity index (χ4v) is 3.18. The molecule has 126 valence electrons. The summed E-state index contributed by atoms with van der Waals surface area (Å²) in [5, 5.41) is 3.15. The van der Waals surface area contributed by atoms with E-state index in [4.69, 9.17) is 10.5 Å². The molecule has 2 aliphatic rings. The van der Waals surface area contributed by atoms with Gasteiger partial charge in [-0.25, -0.2) is 0 Å². The maximum Gasteiger partial charge on any atom is 0.223 e. The van der Waals surface area contributed by atoms with Crippen LogP contribution in [0.15, 0.2) is 0 Å². The molecule has 0 aromatic rings. The number of amides is 1. The predicted octanol–water partition coefficient (Wildman–Crippen LogP) is 1.18. The van der Waals surface area contributed by atoms with Crippen molar-refractivity contribution >= 4 is 30.7 Å². The van der Waals surface area contributed by atoms with Gasteiger partial charge in [0.05, 0.1) is 0 Å². The van der Waals surface area contributed by atoms with E-state index in [9.17, 15) is 4.79 Å². The Morgan fingerprint density at radius 3 is 2.38 bits per heavy atom. The largest absolute Gasteiger partial charge is 0.381 e. The van der Waals surface area contributed by atoms with Crippen LogP contribution in [0.25, 0.3) is 0 Å². The summed E-state index contributed by atoms with van der Waals surface area (Å²) in [6.07, 6.45) is 4.70. The Bertz CT molecular complexity index is 323. The number of hydrogen-bond donors (Lipinski definition) is 2. The number of hydrogen-bond acceptors (Lipinski definition) is 4. The Hall–Kier alpha value is -0.0700. The fourth-order valence-electron chi connectivity index (χ4n) is 3.18. The van der Waals surface area contributed by atoms with Crippen LogP contribution in [-0.2, 0) is 9.53 Å². The highest BCUT2D eigenvalue weighted by Gasteiger charge is 2.36. The van der Waals surface area contributed by atoms with E-state index in [-0.39, 0.29) is 48.2 Å². The van der Waals surface area contributed by atoms with Crippen molar-refractivity contribution in [3.05, 3.63) is 0 Å². The third-order valence-electron chi connectivity index (χ3n) is 4.81. The fraction of sp³-hybridized carbons (Fsp3) is 0.929. The van der Waals surface area contributed by atoms with E-state index < -0.39 is 0 Å². The number of ether oxygens (including phenoxy) is 1. The van der Waals surface area contributed by atoms with Crippen molar-refractivity contribution in [3.8, 4) is 0 Å². The molecule has 2 unspecified atom stereocenters. The first-order valence-electron chi connectivity index (χ1n) is 7.32. The molecule has 1 aliphatic heterocycles. The first kappa shape index (κ1) is 20.9. The van der Waals surface area contributed by atoms with Gasteiger partial charge < -0.3 is 20.7 Å². The first-order valence-corrected chi connectivity index (χ1v) is 7.32. The van der Waals surface area contributed by atoms with Crippen LogP contribution in [0.2, 0.25) is 0 Å². The van der Waals surface area contributed by atoms with E-state index in [0.29, 0.717) is 6.54 Å². The lowest BCUT2D eigenvalue weighted by Crippen LogP contribution is -2.56. The summed E-state index contributed by atoms with van der Waals surface area (Å²) in [5.41, 5.74) is 5.92. The van der Waals surface area contributed by atoms with E-state index >= 15 is 0 Å². The molecule has 1 amide bonds. The van der Waals surface area contributed by atoms with Gasteiger partial charge in [-0.2, -0.15) is 0 Å². The van der Waals surface area contributed by atoms with E-state index in [1.165, 1.54) is 0 Å². The van der Waals surface area contributed by atoms with Crippen molar-refractivity contribution in [3.63, 3.8) is 0 Å². The van der Waals surface area contributed by atoms with E-state index in [0.717, 1.165) is 45.3 Å². The van der Waals surface area contributed by atoms with Crippen LogP contribution in [0.3, 0.4) is 0 Å². The standard InChI is InChI=1S/C14H27N3O2.2ClH/c1-17(2)14(5-7-19-8-6-14)10-16-13(18)11-3-4-12(15)9-11;;/h11-12H,3-10,15H2,1-2H3,(H,16,18);2*1H. The molecule has 1 heterocycles. The van der Waals surface area contributed by atoms with Crippen LogP contribution in [-0.4, -0.2) is 56.2 Å². The van der Waals surface area contributed by atoms with Crippen molar-refractivity contribution < 1.29 is 9.53 Å². The molecule has 7 heteroatoms. The SMILES string of the molecule is CN(C)C1(CNC(=O)C2CCC(N)C2)CCOCC1.Cl.Cl. The Kier molecular flexibility index (Phi) is 9.12. The van der Waals surface area contributed by atoms with Gasteiger partial charge in [0.2, 0.25) is 5.91 Å². The van der Waals surface area contributed by atoms with Gasteiger partial charge in [0, 0.05) is 37.3 Å². The minimum absolute atomic E-state index is 0. The maximum atomic E-state index is 12.2. The summed E-state index contributed by atoms with van der Waals surface area (Å²) >= 11 is 0. The van der Waals surface area contributed by atoms with Crippen LogP contribution in [0.5, 0.6) is 0 Å². The molecule has 3 N–H and O–H groups in total. The highest BCUT2D eigenvalue weighted by atomic mass is 35.5. The third-order valence-corrected chi connectivity index (χ3v) is 4.81. The zero-order valence-electron chi connectivity index (χ0n) is 13.0. The Morgan fingerprint density at radius 2 is 1.90 bits per heavy atom. The predicted molar refractivity (Wildman–Crippen MR) is 89.3 cm³/mol. The zero-order chi connectivity index (χ0) is 13.9. The molecule has 2 rings (SSSR count). The normalized spacial score (nSPS) is 27.6. The molecule has 1 saturated heterocycles. The molecule has 2 fully saturated rings. The van der Waals surface area contributed by atoms with Crippen LogP contribution in [0.1, 0.15) is 32.1 Å². The van der Waals surface area contributed by atoms with Crippen molar-refractivity contribution in [2.45, 2.75) is 43.7 Å². The van der Waals surface area contributed by atoms with Gasteiger partial charge >= 0.3 is 0 Å². The second-order valence-corrected chi connectivity index (χ2v) is 6.22. The summed E-state index contributed by atoms with van der Waals surface area (Å²) in [7, 11) is 4.17. The summed E-state index contributed by atoms with van der Waals surface area (Å²) in [4.78, 5) is 14.4. The lowest BCUT2D eigenvalue weighted by molar-refractivity contribution is -0.126. The lowest BCUT2D eigenvalue weighted by Gasteiger charge is -2.43. The van der Waals surface area contributed by atoms with E-state index in [2.05, 4.69) is 24.3 Å². The molecule has 0 radical (unpaired) electrons. The molecular formula is C14H29Cl2N3O2. The highest BCUT2D eigenvalue weighted by molar-refractivity contribution is 5.85. The molecule has 1 aliphatic carbocycles. The second kappa shape index (κ2) is 9.16. The number of nitrogens with two attached hydrogens (primary N) is 1. The average Bonchev–Trinajstić information content (AvgIpc) is 2.83. The lowest BCUT2D eigenvalue weighted by atomic mass is 9.88. The van der Waals surface area contributed by atoms with Crippen LogP contribution in [0.4, 0.5) is 0 Å². The van der Waals surface area contributed by atoms with Gasteiger partial charge in [0.15, 0.2) is 0 Å². The monoisotopic (exact) mass is 341 g/mol. The van der Waals surface area contributed by atoms with Crippen LogP contribution < -0.4 is 11.1 Å². The molecule has 0 bridgehead atoms. The van der Waals surface area contributed by atoms with Gasteiger partial charge in [0.1, 0.15) is 0 Å². The number of nitrogens with one attached hydrogen (secondary N) is 1. The topological polar surface area (TPSA) is 67.6 Å². The van der Waals surface area contributed by atoms with Gasteiger partial charge in [0.25, 0.3) is 0 Å². The number of rotatable bonds is 4. The average molecular weight is 342 g/mol. The Labute approximate surface area is 140 Å². The van der Waals surface area contributed by atoms with Crippen molar-refractivity contribution in [1.82, 2.24) is 10.2 Å². The van der Waals surface area contributed by atoms with Gasteiger partial charge in [-0.05, 0) is 46.2 Å². The first-order chi connectivity index (χ1) is 9.03. The minimum Gasteiger partial charge on any atom is -0.381 e. The number of carbonyl (C=O) groups excluding carboxylic acids is 1. The smallest absolute Gasteiger partial charge is 0.223 e. The van der Waals surface area contributed by atoms with Crippen LogP contribution >= 0.6 is 24.8 Å². The van der Waals surface area contributed by atoms with E-state index in [1.54, 1.807) is 0 Å². The molecule has 0 spiro atoms. The van der Waals surface area contributed by atoms with Gasteiger partial charge in [-0.1, -0.05) is 0 Å². The molecule has 0 aromatic heterocycles. The highest BCUT2D eigenvalue weighted by Crippen LogP contribution is 2.27. The van der Waals surface area contributed by atoms with Gasteiger partial charge in [-0.15, -0.1) is 24.8 Å². The van der Waals surface area contributed by atoms with Crippen LogP contribution in [0, 0.1) is 5.92 Å². The number of carbonyl (C=O) groups is 1. The Balaban J connectivity index is 0.00000200. The molecule has 1 saturated carbocycles. The van der Waals surface area contributed by atoms with Crippen molar-refractivity contribution in [2.75, 3.05) is 33.9 Å². The number of nitrogens with zero attached hydrogens (tertiary/aromatic N) is 1. The molecule has 2 atom stereocenters. The summed E-state index contributed by atoms with van der Waals surface area (Å²) in [6.45, 7) is 2.28. The number of halogens is 2. The Morgan fingerprint density at radius 1 is 1.29 bits per heavy atom. The molecule has 0 aromatic carbocycles. The van der Waals surface area contributed by atoms with Crippen molar-refractivity contribution in [1.29, 1.82) is 0 Å². The quantitative estimate of drug-likeness (QED) is 0.805. The summed E-state index contributed by atoms with van der Waals surface area (Å²) in [6, 6.07) is 0.210. The minimum atomic E-state index is 0. The number of likely N-dealkylation sites (N-methyl/N-ethyl adjacent to an activating group) is 1. The molecule has 5 nitrogen and oxygen atoms in total. The van der Waals surface area contributed by atoms with Crippen molar-refractivity contribution in [2.24, 2.45) is 11.7 Å². The maximum absolute atomic E-state index is 12.2. The third kappa shape index (κ3) is 5.25. The van der Waals surface area contributed by atoms with E-state index in [1.807, 2.05) is 0 Å². The molecule has 21 heavy (non-hydrogen) atoms.